The van der Waals surface area contributed by atoms with Gasteiger partial charge in [0.25, 0.3) is 5.91 Å². The summed E-state index contributed by atoms with van der Waals surface area (Å²) in [7, 11) is 0. The molecule has 0 aromatic heterocycles. The van der Waals surface area contributed by atoms with Crippen LogP contribution < -0.4 is 5.32 Å². The molecule has 1 heterocycles. The molecule has 1 aliphatic heterocycles. The van der Waals surface area contributed by atoms with E-state index in [4.69, 9.17) is 0 Å². The summed E-state index contributed by atoms with van der Waals surface area (Å²) in [5.41, 5.74) is 2.70. The van der Waals surface area contributed by atoms with E-state index in [1.807, 2.05) is 12.1 Å². The van der Waals surface area contributed by atoms with Gasteiger partial charge in [0.15, 0.2) is 0 Å². The number of anilines is 1. The second-order valence-corrected chi connectivity index (χ2v) is 6.15. The highest BCUT2D eigenvalue weighted by molar-refractivity contribution is 9.11. The topological polar surface area (TPSA) is 29.1 Å². The molecule has 20 heavy (non-hydrogen) atoms. The zero-order chi connectivity index (χ0) is 14.3. The van der Waals surface area contributed by atoms with Gasteiger partial charge in [-0.2, -0.15) is 0 Å². The van der Waals surface area contributed by atoms with Crippen LogP contribution in [0.2, 0.25) is 0 Å². The monoisotopic (exact) mass is 395 g/mol. The Kier molecular flexibility index (Phi) is 3.48. The first-order valence-electron chi connectivity index (χ1n) is 5.82. The molecule has 2 aromatic carbocycles. The molecule has 3 rings (SSSR count). The van der Waals surface area contributed by atoms with Crippen LogP contribution in [0.4, 0.5) is 10.1 Å². The van der Waals surface area contributed by atoms with Gasteiger partial charge in [-0.05, 0) is 51.8 Å². The van der Waals surface area contributed by atoms with E-state index in [-0.39, 0.29) is 11.7 Å². The molecule has 1 aliphatic rings. The van der Waals surface area contributed by atoms with E-state index in [0.29, 0.717) is 11.1 Å². The highest BCUT2D eigenvalue weighted by atomic mass is 79.9. The minimum absolute atomic E-state index is 0.192. The first kappa shape index (κ1) is 13.5. The van der Waals surface area contributed by atoms with Crippen LogP contribution in [0.1, 0.15) is 11.1 Å². The second kappa shape index (κ2) is 5.14. The Morgan fingerprint density at radius 1 is 1.15 bits per heavy atom. The molecule has 0 aliphatic carbocycles. The van der Waals surface area contributed by atoms with Gasteiger partial charge in [0, 0.05) is 20.1 Å². The number of carbonyl (C=O) groups excluding carboxylic acids is 1. The van der Waals surface area contributed by atoms with Crippen LogP contribution in [0, 0.1) is 5.82 Å². The minimum atomic E-state index is -0.326. The number of hydrogen-bond acceptors (Lipinski definition) is 1. The molecule has 100 valence electrons. The fraction of sp³-hybridized carbons (Fsp3) is 0. The summed E-state index contributed by atoms with van der Waals surface area (Å²) in [6.45, 7) is 0. The Labute approximate surface area is 131 Å². The van der Waals surface area contributed by atoms with Crippen molar-refractivity contribution in [1.29, 1.82) is 0 Å². The molecule has 1 amide bonds. The normalized spacial score (nSPS) is 15.3. The second-order valence-electron chi connectivity index (χ2n) is 4.38. The van der Waals surface area contributed by atoms with Crippen molar-refractivity contribution in [2.75, 3.05) is 5.32 Å². The van der Waals surface area contributed by atoms with Gasteiger partial charge >= 0.3 is 0 Å². The number of carbonyl (C=O) groups is 1. The predicted octanol–water partition coefficient (Wildman–Crippen LogP) is 4.84. The Morgan fingerprint density at radius 3 is 2.70 bits per heavy atom. The summed E-state index contributed by atoms with van der Waals surface area (Å²) >= 11 is 6.82. The summed E-state index contributed by atoms with van der Waals surface area (Å²) in [6.07, 6.45) is 1.68. The van der Waals surface area contributed by atoms with Crippen LogP contribution in [-0.2, 0) is 4.79 Å². The lowest BCUT2D eigenvalue weighted by molar-refractivity contribution is -0.110. The van der Waals surface area contributed by atoms with Crippen LogP contribution >= 0.6 is 31.9 Å². The third-order valence-electron chi connectivity index (χ3n) is 2.99. The molecule has 0 atom stereocenters. The third kappa shape index (κ3) is 2.43. The number of hydrogen-bond donors (Lipinski definition) is 1. The van der Waals surface area contributed by atoms with E-state index in [1.165, 1.54) is 12.1 Å². The third-order valence-corrected chi connectivity index (χ3v) is 4.07. The van der Waals surface area contributed by atoms with Gasteiger partial charge in [0.2, 0.25) is 0 Å². The lowest BCUT2D eigenvalue weighted by atomic mass is 10.0. The zero-order valence-electron chi connectivity index (χ0n) is 10.1. The molecule has 0 bridgehead atoms. The maximum Gasteiger partial charge on any atom is 0.256 e. The van der Waals surface area contributed by atoms with Crippen LogP contribution in [0.3, 0.4) is 0 Å². The maximum atomic E-state index is 13.2. The first-order valence-corrected chi connectivity index (χ1v) is 7.41. The van der Waals surface area contributed by atoms with Gasteiger partial charge in [0.1, 0.15) is 5.82 Å². The first-order chi connectivity index (χ1) is 9.54. The number of benzene rings is 2. The van der Waals surface area contributed by atoms with Crippen LogP contribution in [0.15, 0.2) is 45.3 Å². The van der Waals surface area contributed by atoms with E-state index < -0.39 is 0 Å². The van der Waals surface area contributed by atoms with E-state index in [1.54, 1.807) is 18.2 Å². The average Bonchev–Trinajstić information content (AvgIpc) is 2.68. The quantitative estimate of drug-likeness (QED) is 0.686. The molecule has 0 radical (unpaired) electrons. The van der Waals surface area contributed by atoms with E-state index >= 15 is 0 Å². The highest BCUT2D eigenvalue weighted by Gasteiger charge is 2.26. The van der Waals surface area contributed by atoms with Gasteiger partial charge in [0.05, 0.1) is 5.69 Å². The number of halogens is 3. The van der Waals surface area contributed by atoms with Gasteiger partial charge in [-0.3, -0.25) is 4.79 Å². The maximum absolute atomic E-state index is 13.2. The molecule has 5 heteroatoms. The van der Waals surface area contributed by atoms with E-state index in [0.717, 1.165) is 20.2 Å². The fourth-order valence-electron chi connectivity index (χ4n) is 2.12. The van der Waals surface area contributed by atoms with Crippen molar-refractivity contribution >= 4 is 55.1 Å². The number of fused-ring (bicyclic) bond motifs is 1. The molecule has 0 saturated heterocycles. The fourth-order valence-corrected chi connectivity index (χ4v) is 3.45. The average molecular weight is 397 g/mol. The predicted molar refractivity (Wildman–Crippen MR) is 84.7 cm³/mol. The Balaban J connectivity index is 2.15. The highest BCUT2D eigenvalue weighted by Crippen LogP contribution is 2.40. The van der Waals surface area contributed by atoms with Crippen LogP contribution in [0.5, 0.6) is 0 Å². The van der Waals surface area contributed by atoms with Crippen molar-refractivity contribution in [3.05, 3.63) is 62.3 Å². The van der Waals surface area contributed by atoms with Gasteiger partial charge < -0.3 is 5.32 Å². The van der Waals surface area contributed by atoms with Crippen molar-refractivity contribution in [3.63, 3.8) is 0 Å². The summed E-state index contributed by atoms with van der Waals surface area (Å²) < 4.78 is 14.9. The van der Waals surface area contributed by atoms with Crippen molar-refractivity contribution in [1.82, 2.24) is 0 Å². The molecule has 2 nitrogen and oxygen atoms in total. The molecule has 0 fully saturated rings. The molecule has 0 unspecified atom stereocenters. The molecular formula is C15H8Br2FNO. The van der Waals surface area contributed by atoms with Crippen molar-refractivity contribution in [2.24, 2.45) is 0 Å². The summed E-state index contributed by atoms with van der Waals surface area (Å²) in [6, 6.07) is 9.87. The van der Waals surface area contributed by atoms with Crippen LogP contribution in [-0.4, -0.2) is 5.91 Å². The molecule has 1 N–H and O–H groups in total. The van der Waals surface area contributed by atoms with E-state index in [2.05, 4.69) is 37.2 Å². The number of amides is 1. The smallest absolute Gasteiger partial charge is 0.256 e. The largest absolute Gasteiger partial charge is 0.320 e. The SMILES string of the molecule is O=C1Nc2c(Br)cc(Br)cc2C1=Cc1cccc(F)c1. The molecule has 0 saturated carbocycles. The summed E-state index contributed by atoms with van der Waals surface area (Å²) in [5, 5.41) is 2.81. The van der Waals surface area contributed by atoms with Crippen molar-refractivity contribution in [2.45, 2.75) is 0 Å². The van der Waals surface area contributed by atoms with E-state index in [9.17, 15) is 9.18 Å². The van der Waals surface area contributed by atoms with Crippen molar-refractivity contribution in [3.8, 4) is 0 Å². The summed E-state index contributed by atoms with van der Waals surface area (Å²) in [4.78, 5) is 12.1. The van der Waals surface area contributed by atoms with Gasteiger partial charge in [-0.25, -0.2) is 4.39 Å². The molecule has 0 spiro atoms. The Bertz CT molecular complexity index is 756. The zero-order valence-corrected chi connectivity index (χ0v) is 13.3. The molecule has 2 aromatic rings. The Morgan fingerprint density at radius 2 is 1.95 bits per heavy atom. The number of nitrogens with one attached hydrogen (secondary N) is 1. The van der Waals surface area contributed by atoms with Gasteiger partial charge in [-0.1, -0.05) is 28.1 Å². The Hall–Kier alpha value is -1.46. The summed E-state index contributed by atoms with van der Waals surface area (Å²) in [5.74, 6) is -0.517. The van der Waals surface area contributed by atoms with Crippen molar-refractivity contribution < 1.29 is 9.18 Å². The number of rotatable bonds is 1. The lowest BCUT2D eigenvalue weighted by Gasteiger charge is -2.02. The minimum Gasteiger partial charge on any atom is -0.320 e. The lowest BCUT2D eigenvalue weighted by Crippen LogP contribution is -2.03. The standard InChI is InChI=1S/C15H8Br2FNO/c16-9-6-11-12(5-8-2-1-3-10(18)4-8)15(20)19-14(11)13(17)7-9/h1-7H,(H,19,20). The van der Waals surface area contributed by atoms with Crippen LogP contribution in [0.25, 0.3) is 11.6 Å². The molecular weight excluding hydrogens is 389 g/mol. The van der Waals surface area contributed by atoms with Gasteiger partial charge in [-0.15, -0.1) is 0 Å².